The molecule has 0 N–H and O–H groups in total. The van der Waals surface area contributed by atoms with E-state index in [-0.39, 0.29) is 0 Å². The van der Waals surface area contributed by atoms with E-state index in [9.17, 15) is 0 Å². The van der Waals surface area contributed by atoms with Gasteiger partial charge < -0.3 is 14.7 Å². The molecule has 0 radical (unpaired) electrons. The Bertz CT molecular complexity index is 476. The first-order chi connectivity index (χ1) is 10.7. The van der Waals surface area contributed by atoms with Gasteiger partial charge in [0.05, 0.1) is 0 Å². The molecule has 0 spiro atoms. The van der Waals surface area contributed by atoms with Gasteiger partial charge in [0.1, 0.15) is 0 Å². The van der Waals surface area contributed by atoms with Crippen molar-refractivity contribution in [3.63, 3.8) is 0 Å². The third kappa shape index (κ3) is 3.19. The average Bonchev–Trinajstić information content (AvgIpc) is 3.09. The van der Waals surface area contributed by atoms with Gasteiger partial charge >= 0.3 is 0 Å². The first-order valence-corrected chi connectivity index (χ1v) is 8.64. The van der Waals surface area contributed by atoms with Crippen molar-refractivity contribution in [2.24, 2.45) is 5.92 Å². The van der Waals surface area contributed by atoms with Crippen molar-refractivity contribution < 1.29 is 0 Å². The van der Waals surface area contributed by atoms with Crippen molar-refractivity contribution in [1.82, 2.24) is 14.9 Å². The fourth-order valence-electron chi connectivity index (χ4n) is 3.90. The second kappa shape index (κ2) is 6.82. The fraction of sp³-hybridized carbons (Fsp3) is 0.765. The topological polar surface area (TPSA) is 35.5 Å². The molecular weight excluding hydrogens is 274 g/mol. The zero-order valence-electron chi connectivity index (χ0n) is 14.2. The monoisotopic (exact) mass is 303 g/mol. The van der Waals surface area contributed by atoms with Crippen LogP contribution in [-0.4, -0.2) is 61.2 Å². The van der Waals surface area contributed by atoms with Crippen LogP contribution in [0.15, 0.2) is 12.4 Å². The van der Waals surface area contributed by atoms with E-state index in [1.807, 2.05) is 14.1 Å². The van der Waals surface area contributed by atoms with Crippen LogP contribution in [0.1, 0.15) is 32.6 Å². The van der Waals surface area contributed by atoms with Gasteiger partial charge in [-0.2, -0.15) is 0 Å². The molecule has 3 rings (SSSR count). The van der Waals surface area contributed by atoms with Crippen molar-refractivity contribution >= 4 is 11.6 Å². The molecule has 0 aliphatic carbocycles. The van der Waals surface area contributed by atoms with E-state index < -0.39 is 0 Å². The van der Waals surface area contributed by atoms with Gasteiger partial charge in [-0.15, -0.1) is 0 Å². The summed E-state index contributed by atoms with van der Waals surface area (Å²) in [6, 6.07) is 0.736. The van der Waals surface area contributed by atoms with E-state index in [1.54, 1.807) is 12.4 Å². The molecular formula is C17H29N5. The number of likely N-dealkylation sites (tertiary alicyclic amines) is 1. The normalized spacial score (nSPS) is 22.0. The first-order valence-electron chi connectivity index (χ1n) is 8.64. The number of anilines is 2. The van der Waals surface area contributed by atoms with E-state index in [2.05, 4.69) is 31.6 Å². The summed E-state index contributed by atoms with van der Waals surface area (Å²) in [7, 11) is 4.07. The van der Waals surface area contributed by atoms with E-state index in [1.165, 1.54) is 38.8 Å². The maximum atomic E-state index is 4.58. The van der Waals surface area contributed by atoms with Crippen LogP contribution in [0.3, 0.4) is 0 Å². The molecule has 0 bridgehead atoms. The van der Waals surface area contributed by atoms with Gasteiger partial charge in [-0.25, -0.2) is 9.97 Å². The molecule has 3 heterocycles. The quantitative estimate of drug-likeness (QED) is 0.852. The molecule has 0 saturated carbocycles. The number of hydrogen-bond acceptors (Lipinski definition) is 5. The molecule has 0 aromatic carbocycles. The van der Waals surface area contributed by atoms with Gasteiger partial charge in [-0.05, 0) is 51.6 Å². The molecule has 22 heavy (non-hydrogen) atoms. The van der Waals surface area contributed by atoms with Crippen molar-refractivity contribution in [3.05, 3.63) is 12.4 Å². The van der Waals surface area contributed by atoms with Gasteiger partial charge in [-0.3, -0.25) is 0 Å². The molecule has 0 amide bonds. The van der Waals surface area contributed by atoms with Crippen molar-refractivity contribution in [1.29, 1.82) is 0 Å². The van der Waals surface area contributed by atoms with Crippen LogP contribution < -0.4 is 9.80 Å². The minimum absolute atomic E-state index is 0.736. The lowest BCUT2D eigenvalue weighted by Gasteiger charge is -2.39. The molecule has 1 aromatic rings. The zero-order valence-corrected chi connectivity index (χ0v) is 14.2. The number of rotatable bonds is 4. The van der Waals surface area contributed by atoms with E-state index in [4.69, 9.17) is 0 Å². The molecule has 2 fully saturated rings. The summed E-state index contributed by atoms with van der Waals surface area (Å²) in [5.41, 5.74) is 0. The standard InChI is InChI=1S/C17H29N5/c1-14(21-10-4-5-11-21)15-6-12-22(13-7-15)17-16(20(2)3)18-8-9-19-17/h8-9,14-15H,4-7,10-13H2,1-3H3. The SMILES string of the molecule is CC(C1CCN(c2nccnc2N(C)C)CC1)N1CCCC1. The van der Waals surface area contributed by atoms with Crippen LogP contribution in [-0.2, 0) is 0 Å². The Labute approximate surface area is 134 Å². The van der Waals surface area contributed by atoms with Crippen molar-refractivity contribution in [2.45, 2.75) is 38.6 Å². The fourth-order valence-corrected chi connectivity index (χ4v) is 3.90. The molecule has 1 aromatic heterocycles. The Balaban J connectivity index is 1.62. The largest absolute Gasteiger partial charge is 0.360 e. The zero-order chi connectivity index (χ0) is 15.5. The molecule has 1 unspecified atom stereocenters. The predicted molar refractivity (Wildman–Crippen MR) is 91.6 cm³/mol. The van der Waals surface area contributed by atoms with E-state index >= 15 is 0 Å². The summed E-state index contributed by atoms with van der Waals surface area (Å²) >= 11 is 0. The minimum atomic E-state index is 0.736. The van der Waals surface area contributed by atoms with Gasteiger partial charge in [0, 0.05) is 45.6 Å². The third-order valence-electron chi connectivity index (χ3n) is 5.32. The van der Waals surface area contributed by atoms with Crippen molar-refractivity contribution in [3.8, 4) is 0 Å². The maximum absolute atomic E-state index is 4.58. The van der Waals surface area contributed by atoms with Crippen LogP contribution in [0.2, 0.25) is 0 Å². The Morgan fingerprint density at radius 3 is 2.32 bits per heavy atom. The lowest BCUT2D eigenvalue weighted by molar-refractivity contribution is 0.167. The van der Waals surface area contributed by atoms with Gasteiger partial charge in [0.15, 0.2) is 11.6 Å². The highest BCUT2D eigenvalue weighted by Crippen LogP contribution is 2.30. The molecule has 5 nitrogen and oxygen atoms in total. The Morgan fingerprint density at radius 2 is 1.68 bits per heavy atom. The number of hydrogen-bond donors (Lipinski definition) is 0. The summed E-state index contributed by atoms with van der Waals surface area (Å²) in [6.45, 7) is 7.23. The summed E-state index contributed by atoms with van der Waals surface area (Å²) < 4.78 is 0. The number of piperidine rings is 1. The summed E-state index contributed by atoms with van der Waals surface area (Å²) in [5.74, 6) is 2.85. The minimum Gasteiger partial charge on any atom is -0.360 e. The summed E-state index contributed by atoms with van der Waals surface area (Å²) in [6.07, 6.45) is 8.88. The van der Waals surface area contributed by atoms with Crippen LogP contribution in [0, 0.1) is 5.92 Å². The highest BCUT2D eigenvalue weighted by molar-refractivity contribution is 5.61. The van der Waals surface area contributed by atoms with Gasteiger partial charge in [0.25, 0.3) is 0 Å². The average molecular weight is 303 g/mol. The van der Waals surface area contributed by atoms with Crippen molar-refractivity contribution in [2.75, 3.05) is 50.1 Å². The van der Waals surface area contributed by atoms with E-state index in [0.29, 0.717) is 0 Å². The molecule has 5 heteroatoms. The summed E-state index contributed by atoms with van der Waals surface area (Å²) in [5, 5.41) is 0. The Morgan fingerprint density at radius 1 is 1.05 bits per heavy atom. The van der Waals surface area contributed by atoms with Crippen LogP contribution >= 0.6 is 0 Å². The molecule has 2 aliphatic heterocycles. The smallest absolute Gasteiger partial charge is 0.171 e. The predicted octanol–water partition coefficient (Wildman–Crippen LogP) is 2.24. The second-order valence-corrected chi connectivity index (χ2v) is 6.91. The number of aromatic nitrogens is 2. The lowest BCUT2D eigenvalue weighted by atomic mass is 9.89. The summed E-state index contributed by atoms with van der Waals surface area (Å²) in [4.78, 5) is 16.2. The molecule has 1 atom stereocenters. The van der Waals surface area contributed by atoms with Crippen LogP contribution in [0.4, 0.5) is 11.6 Å². The van der Waals surface area contributed by atoms with Gasteiger partial charge in [-0.1, -0.05) is 0 Å². The van der Waals surface area contributed by atoms with E-state index in [0.717, 1.165) is 36.7 Å². The number of nitrogens with zero attached hydrogens (tertiary/aromatic N) is 5. The van der Waals surface area contributed by atoms with Crippen LogP contribution in [0.25, 0.3) is 0 Å². The molecule has 2 aliphatic rings. The second-order valence-electron chi connectivity index (χ2n) is 6.91. The molecule has 122 valence electrons. The third-order valence-corrected chi connectivity index (χ3v) is 5.32. The first kappa shape index (κ1) is 15.5. The Kier molecular flexibility index (Phi) is 4.81. The highest BCUT2D eigenvalue weighted by atomic mass is 15.3. The maximum Gasteiger partial charge on any atom is 0.171 e. The van der Waals surface area contributed by atoms with Gasteiger partial charge in [0.2, 0.25) is 0 Å². The highest BCUT2D eigenvalue weighted by Gasteiger charge is 2.30. The Hall–Kier alpha value is -1.36. The van der Waals surface area contributed by atoms with Crippen LogP contribution in [0.5, 0.6) is 0 Å². The lowest BCUT2D eigenvalue weighted by Crippen LogP contribution is -2.43. The molecule has 2 saturated heterocycles.